The average Bonchev–Trinajstić information content (AvgIpc) is 3.21. The van der Waals surface area contributed by atoms with Gasteiger partial charge in [-0.3, -0.25) is 4.79 Å². The molecular formula is C14H11N7OS. The number of benzene rings is 1. The van der Waals surface area contributed by atoms with Crippen molar-refractivity contribution in [2.45, 2.75) is 6.54 Å². The summed E-state index contributed by atoms with van der Waals surface area (Å²) < 4.78 is 9.91. The van der Waals surface area contributed by atoms with Crippen LogP contribution in [0, 0.1) is 0 Å². The molecule has 0 bridgehead atoms. The number of hydrogen-bond acceptors (Lipinski definition) is 7. The maximum absolute atomic E-state index is 12.6. The molecule has 0 saturated heterocycles. The fraction of sp³-hybridized carbons (Fsp3) is 0.143. The summed E-state index contributed by atoms with van der Waals surface area (Å²) in [6, 6.07) is 9.20. The third-order valence-corrected chi connectivity index (χ3v) is 4.09. The molecule has 1 aromatic carbocycles. The van der Waals surface area contributed by atoms with E-state index in [4.69, 9.17) is 0 Å². The SMILES string of the molecule is CN(Cc1ccc2nsnc2c1)C(=O)c1ccn2nnnc2c1. The highest BCUT2D eigenvalue weighted by Crippen LogP contribution is 2.16. The molecule has 0 saturated carbocycles. The van der Waals surface area contributed by atoms with E-state index in [1.807, 2.05) is 18.2 Å². The fourth-order valence-electron chi connectivity index (χ4n) is 2.36. The summed E-state index contributed by atoms with van der Waals surface area (Å²) in [7, 11) is 1.76. The van der Waals surface area contributed by atoms with E-state index in [0.717, 1.165) is 16.6 Å². The minimum atomic E-state index is -0.0907. The van der Waals surface area contributed by atoms with Crippen LogP contribution in [0.25, 0.3) is 16.7 Å². The van der Waals surface area contributed by atoms with E-state index >= 15 is 0 Å². The summed E-state index contributed by atoms with van der Waals surface area (Å²) in [6.45, 7) is 0.489. The highest BCUT2D eigenvalue weighted by atomic mass is 32.1. The van der Waals surface area contributed by atoms with Gasteiger partial charge in [0.2, 0.25) is 0 Å². The van der Waals surface area contributed by atoms with Gasteiger partial charge >= 0.3 is 0 Å². The van der Waals surface area contributed by atoms with Gasteiger partial charge in [-0.05, 0) is 40.3 Å². The number of aromatic nitrogens is 6. The molecule has 0 atom stereocenters. The lowest BCUT2D eigenvalue weighted by molar-refractivity contribution is 0.0785. The third kappa shape index (κ3) is 2.50. The molecule has 4 aromatic rings. The van der Waals surface area contributed by atoms with Crippen molar-refractivity contribution >= 4 is 34.3 Å². The molecule has 0 fully saturated rings. The molecule has 0 aliphatic rings. The monoisotopic (exact) mass is 325 g/mol. The normalized spacial score (nSPS) is 11.2. The van der Waals surface area contributed by atoms with Crippen molar-refractivity contribution in [1.82, 2.24) is 33.7 Å². The largest absolute Gasteiger partial charge is 0.337 e. The van der Waals surface area contributed by atoms with Crippen LogP contribution in [0.4, 0.5) is 0 Å². The fourth-order valence-corrected chi connectivity index (χ4v) is 2.88. The first-order chi connectivity index (χ1) is 11.2. The Balaban J connectivity index is 1.57. The Morgan fingerprint density at radius 3 is 3.00 bits per heavy atom. The zero-order chi connectivity index (χ0) is 15.8. The minimum Gasteiger partial charge on any atom is -0.337 e. The quantitative estimate of drug-likeness (QED) is 0.566. The van der Waals surface area contributed by atoms with Gasteiger partial charge in [0.15, 0.2) is 5.65 Å². The topological polar surface area (TPSA) is 89.2 Å². The third-order valence-electron chi connectivity index (χ3n) is 3.53. The van der Waals surface area contributed by atoms with E-state index in [1.54, 1.807) is 30.3 Å². The molecule has 0 unspecified atom stereocenters. The van der Waals surface area contributed by atoms with Crippen LogP contribution < -0.4 is 0 Å². The molecule has 4 rings (SSSR count). The van der Waals surface area contributed by atoms with Crippen LogP contribution in [0.1, 0.15) is 15.9 Å². The van der Waals surface area contributed by atoms with Gasteiger partial charge in [0.05, 0.1) is 11.7 Å². The van der Waals surface area contributed by atoms with Crippen LogP contribution in [0.15, 0.2) is 36.5 Å². The van der Waals surface area contributed by atoms with Crippen LogP contribution >= 0.6 is 11.7 Å². The first kappa shape index (κ1) is 13.7. The molecule has 23 heavy (non-hydrogen) atoms. The molecule has 1 amide bonds. The molecular weight excluding hydrogens is 314 g/mol. The minimum absolute atomic E-state index is 0.0907. The molecule has 0 N–H and O–H groups in total. The van der Waals surface area contributed by atoms with E-state index in [-0.39, 0.29) is 5.91 Å². The summed E-state index contributed by atoms with van der Waals surface area (Å²) in [5, 5.41) is 11.2. The van der Waals surface area contributed by atoms with Crippen LogP contribution in [0.2, 0.25) is 0 Å². The summed E-state index contributed by atoms with van der Waals surface area (Å²) in [5.74, 6) is -0.0907. The van der Waals surface area contributed by atoms with Gasteiger partial charge in [-0.15, -0.1) is 5.10 Å². The zero-order valence-electron chi connectivity index (χ0n) is 12.1. The molecule has 3 aromatic heterocycles. The van der Waals surface area contributed by atoms with Crippen molar-refractivity contribution < 1.29 is 4.79 Å². The number of amides is 1. The Morgan fingerprint density at radius 2 is 2.09 bits per heavy atom. The number of pyridine rings is 1. The second kappa shape index (κ2) is 5.36. The van der Waals surface area contributed by atoms with Crippen LogP contribution in [-0.2, 0) is 6.54 Å². The molecule has 0 aliphatic heterocycles. The van der Waals surface area contributed by atoms with Crippen LogP contribution in [0.5, 0.6) is 0 Å². The summed E-state index contributed by atoms with van der Waals surface area (Å²) >= 11 is 1.18. The van der Waals surface area contributed by atoms with Crippen molar-refractivity contribution in [3.05, 3.63) is 47.7 Å². The zero-order valence-corrected chi connectivity index (χ0v) is 12.9. The first-order valence-electron chi connectivity index (χ1n) is 6.85. The Morgan fingerprint density at radius 1 is 1.22 bits per heavy atom. The lowest BCUT2D eigenvalue weighted by Gasteiger charge is -2.17. The van der Waals surface area contributed by atoms with Gasteiger partial charge in [0.25, 0.3) is 5.91 Å². The summed E-state index contributed by atoms with van der Waals surface area (Å²) in [4.78, 5) is 14.2. The van der Waals surface area contributed by atoms with Crippen molar-refractivity contribution in [1.29, 1.82) is 0 Å². The number of hydrogen-bond donors (Lipinski definition) is 0. The number of nitrogens with zero attached hydrogens (tertiary/aromatic N) is 7. The second-order valence-corrected chi connectivity index (χ2v) is 5.67. The van der Waals surface area contributed by atoms with E-state index in [2.05, 4.69) is 24.3 Å². The van der Waals surface area contributed by atoms with Crippen molar-refractivity contribution in [2.24, 2.45) is 0 Å². The highest BCUT2D eigenvalue weighted by molar-refractivity contribution is 7.00. The van der Waals surface area contributed by atoms with Crippen LogP contribution in [0.3, 0.4) is 0 Å². The molecule has 0 spiro atoms. The first-order valence-corrected chi connectivity index (χ1v) is 7.58. The smallest absolute Gasteiger partial charge is 0.254 e. The Labute approximate surface area is 134 Å². The standard InChI is InChI=1S/C14H11N7OS/c1-20(8-9-2-3-11-12(6-9)17-23-16-11)14(22)10-4-5-21-13(7-10)15-18-19-21/h2-7H,8H2,1H3. The van der Waals surface area contributed by atoms with Gasteiger partial charge in [0.1, 0.15) is 11.0 Å². The van der Waals surface area contributed by atoms with E-state index in [0.29, 0.717) is 17.8 Å². The average molecular weight is 325 g/mol. The van der Waals surface area contributed by atoms with E-state index in [9.17, 15) is 4.79 Å². The maximum Gasteiger partial charge on any atom is 0.254 e. The van der Waals surface area contributed by atoms with Crippen molar-refractivity contribution in [3.8, 4) is 0 Å². The number of carbonyl (C=O) groups is 1. The molecule has 0 aliphatic carbocycles. The predicted octanol–water partition coefficient (Wildman–Crippen LogP) is 1.40. The molecule has 9 heteroatoms. The van der Waals surface area contributed by atoms with Crippen molar-refractivity contribution in [3.63, 3.8) is 0 Å². The van der Waals surface area contributed by atoms with E-state index < -0.39 is 0 Å². The lowest BCUT2D eigenvalue weighted by atomic mass is 10.1. The van der Waals surface area contributed by atoms with Gasteiger partial charge < -0.3 is 4.90 Å². The van der Waals surface area contributed by atoms with E-state index in [1.165, 1.54) is 16.2 Å². The van der Waals surface area contributed by atoms with Gasteiger partial charge in [-0.25, -0.2) is 4.52 Å². The van der Waals surface area contributed by atoms with Gasteiger partial charge in [-0.2, -0.15) is 8.75 Å². The second-order valence-electron chi connectivity index (χ2n) is 5.15. The molecule has 8 nitrogen and oxygen atoms in total. The van der Waals surface area contributed by atoms with Gasteiger partial charge in [0, 0.05) is 25.4 Å². The lowest BCUT2D eigenvalue weighted by Crippen LogP contribution is -2.26. The van der Waals surface area contributed by atoms with Crippen molar-refractivity contribution in [2.75, 3.05) is 7.05 Å². The number of rotatable bonds is 3. The number of fused-ring (bicyclic) bond motifs is 2. The highest BCUT2D eigenvalue weighted by Gasteiger charge is 2.14. The predicted molar refractivity (Wildman–Crippen MR) is 84.0 cm³/mol. The summed E-state index contributed by atoms with van der Waals surface area (Å²) in [6.07, 6.45) is 1.67. The Hall–Kier alpha value is -2.94. The molecule has 114 valence electrons. The Kier molecular flexibility index (Phi) is 3.19. The van der Waals surface area contributed by atoms with Crippen LogP contribution in [-0.4, -0.2) is 46.6 Å². The summed E-state index contributed by atoms with van der Waals surface area (Å²) in [5.41, 5.74) is 3.82. The maximum atomic E-state index is 12.6. The molecule has 3 heterocycles. The van der Waals surface area contributed by atoms with Gasteiger partial charge in [-0.1, -0.05) is 6.07 Å². The Bertz CT molecular complexity index is 1010. The molecule has 0 radical (unpaired) electrons. The number of tetrazole rings is 1. The number of carbonyl (C=O) groups excluding carboxylic acids is 1.